The molecule has 0 radical (unpaired) electrons. The van der Waals surface area contributed by atoms with E-state index in [2.05, 4.69) is 0 Å². The second-order valence-corrected chi connectivity index (χ2v) is 7.08. The Kier molecular flexibility index (Phi) is 13.3. The van der Waals surface area contributed by atoms with Gasteiger partial charge in [-0.25, -0.2) is 0 Å². The van der Waals surface area contributed by atoms with Crippen LogP contribution in [0.15, 0.2) is 0 Å². The number of hydrogen-bond donors (Lipinski definition) is 0. The summed E-state index contributed by atoms with van der Waals surface area (Å²) in [4.78, 5) is 58.9. The van der Waals surface area contributed by atoms with E-state index in [1.165, 1.54) is 0 Å². The first-order valence-electron chi connectivity index (χ1n) is 8.59. The van der Waals surface area contributed by atoms with Crippen molar-refractivity contribution in [3.63, 3.8) is 0 Å². The highest BCUT2D eigenvalue weighted by Gasteiger charge is 2.54. The van der Waals surface area contributed by atoms with Crippen molar-refractivity contribution in [2.75, 3.05) is 36.0 Å². The lowest BCUT2D eigenvalue weighted by molar-refractivity contribution is -0.299. The van der Waals surface area contributed by atoms with Crippen molar-refractivity contribution in [3.05, 3.63) is 0 Å². The Balaban J connectivity index is 3.40. The molecule has 32 heavy (non-hydrogen) atoms. The molecule has 0 aromatic carbocycles. The van der Waals surface area contributed by atoms with Gasteiger partial charge in [0.2, 0.25) is 12.4 Å². The monoisotopic (exact) mass is 560 g/mol. The summed E-state index contributed by atoms with van der Waals surface area (Å²) in [5.41, 5.74) is 0. The molecule has 0 spiro atoms. The Morgan fingerprint density at radius 3 is 1.44 bits per heavy atom. The molecule has 0 bridgehead atoms. The summed E-state index contributed by atoms with van der Waals surface area (Å²) < 4.78 is 30.9. The van der Waals surface area contributed by atoms with Gasteiger partial charge >= 0.3 is 29.8 Å². The van der Waals surface area contributed by atoms with Gasteiger partial charge in [0.25, 0.3) is 0 Å². The van der Waals surface area contributed by atoms with E-state index in [9.17, 15) is 24.0 Å². The predicted octanol–water partition coefficient (Wildman–Crippen LogP) is 0.727. The minimum absolute atomic E-state index is 0.510. The zero-order chi connectivity index (χ0) is 24.3. The molecule has 3 unspecified atom stereocenters. The number of esters is 5. The van der Waals surface area contributed by atoms with Crippen LogP contribution in [0.4, 0.5) is 0 Å². The average Bonchev–Trinajstić information content (AvgIpc) is 2.80. The molecule has 1 aliphatic rings. The molecule has 0 aliphatic carbocycles. The summed E-state index contributed by atoms with van der Waals surface area (Å²) in [6.07, 6.45) is -7.97. The molecule has 1 saturated heterocycles. The fraction of sp³-hybridized carbons (Fsp3) is 0.688. The predicted molar refractivity (Wildman–Crippen MR) is 109 cm³/mol. The highest BCUT2D eigenvalue weighted by Crippen LogP contribution is 2.30. The molecule has 0 amide bonds. The Morgan fingerprint density at radius 1 is 0.562 bits per heavy atom. The van der Waals surface area contributed by atoms with Gasteiger partial charge in [0.05, 0.1) is 0 Å². The zero-order valence-electron chi connectivity index (χ0n) is 16.0. The molecule has 1 aliphatic heterocycles. The van der Waals surface area contributed by atoms with Gasteiger partial charge in [0.1, 0.15) is 42.1 Å². The summed E-state index contributed by atoms with van der Waals surface area (Å²) in [6, 6.07) is 0. The minimum atomic E-state index is -1.73. The Morgan fingerprint density at radius 2 is 0.969 bits per heavy atom. The average molecular weight is 563 g/mol. The van der Waals surface area contributed by atoms with Crippen LogP contribution in [0.25, 0.3) is 0 Å². The summed E-state index contributed by atoms with van der Waals surface area (Å²) in [5, 5.41) is 0. The molecule has 16 heteroatoms. The van der Waals surface area contributed by atoms with Gasteiger partial charge < -0.3 is 28.4 Å². The van der Waals surface area contributed by atoms with Crippen LogP contribution in [-0.2, 0) is 52.4 Å². The molecule has 0 N–H and O–H groups in total. The maximum absolute atomic E-state index is 11.9. The van der Waals surface area contributed by atoms with Crippen molar-refractivity contribution in [3.8, 4) is 0 Å². The first-order chi connectivity index (χ1) is 15.2. The van der Waals surface area contributed by atoms with Crippen molar-refractivity contribution >= 4 is 87.9 Å². The molecule has 11 nitrogen and oxygen atoms in total. The number of alkyl halides is 5. The Bertz CT molecular complexity index is 691. The fourth-order valence-corrected chi connectivity index (χ4v) is 2.76. The van der Waals surface area contributed by atoms with Gasteiger partial charge in [-0.1, -0.05) is 0 Å². The highest BCUT2D eigenvalue weighted by atomic mass is 35.5. The van der Waals surface area contributed by atoms with Crippen molar-refractivity contribution in [1.82, 2.24) is 0 Å². The SMILES string of the molecule is O=C(CCl)OCC1OC(OC(=O)CCl)[C@H](OC(=O)CCl)C(OC(=O)CCl)[C@H]1OC(=O)CCl. The second-order valence-electron chi connectivity index (χ2n) is 5.75. The normalized spacial score (nSPS) is 24.7. The summed E-state index contributed by atoms with van der Waals surface area (Å²) >= 11 is 27.2. The Labute approximate surface area is 206 Å². The molecular weight excluding hydrogens is 545 g/mol. The number of halogens is 5. The van der Waals surface area contributed by atoms with E-state index < -0.39 is 96.6 Å². The van der Waals surface area contributed by atoms with Crippen molar-refractivity contribution in [1.29, 1.82) is 0 Å². The molecule has 1 rings (SSSR count). The third-order valence-corrected chi connectivity index (χ3v) is 4.69. The van der Waals surface area contributed by atoms with E-state index >= 15 is 0 Å². The number of hydrogen-bond acceptors (Lipinski definition) is 11. The van der Waals surface area contributed by atoms with E-state index in [0.717, 1.165) is 0 Å². The van der Waals surface area contributed by atoms with Crippen LogP contribution in [0.3, 0.4) is 0 Å². The molecule has 0 aromatic rings. The molecule has 5 atom stereocenters. The van der Waals surface area contributed by atoms with E-state index in [1.807, 2.05) is 0 Å². The maximum Gasteiger partial charge on any atom is 0.323 e. The highest BCUT2D eigenvalue weighted by molar-refractivity contribution is 6.27. The van der Waals surface area contributed by atoms with Gasteiger partial charge in [-0.05, 0) is 0 Å². The van der Waals surface area contributed by atoms with Crippen LogP contribution in [0.1, 0.15) is 0 Å². The van der Waals surface area contributed by atoms with E-state index in [4.69, 9.17) is 86.4 Å². The van der Waals surface area contributed by atoms with Gasteiger partial charge in [-0.15, -0.1) is 58.0 Å². The molecule has 1 heterocycles. The smallest absolute Gasteiger partial charge is 0.323 e. The fourth-order valence-electron chi connectivity index (χ4n) is 2.43. The van der Waals surface area contributed by atoms with E-state index in [1.54, 1.807) is 0 Å². The Hall–Kier alpha value is -1.24. The minimum Gasteiger partial charge on any atom is -0.462 e. The standard InChI is InChI=1S/C16H17Cl5O11/c17-1-8(22)27-6-7-13(29-9(23)2-18)14(30-10(24)3-19)15(31-11(25)4-20)16(28-7)32-12(26)5-21/h7,13-16H,1-6H2/t7?,13-,14?,15+,16?/m0/s1. The van der Waals surface area contributed by atoms with Gasteiger partial charge in [0.15, 0.2) is 12.2 Å². The van der Waals surface area contributed by atoms with Crippen molar-refractivity contribution < 1.29 is 52.4 Å². The van der Waals surface area contributed by atoms with Crippen LogP contribution in [0.5, 0.6) is 0 Å². The topological polar surface area (TPSA) is 141 Å². The van der Waals surface area contributed by atoms with Crippen LogP contribution in [-0.4, -0.2) is 96.6 Å². The molecular formula is C16H17Cl5O11. The van der Waals surface area contributed by atoms with Crippen LogP contribution < -0.4 is 0 Å². The largest absolute Gasteiger partial charge is 0.462 e. The van der Waals surface area contributed by atoms with E-state index in [0.29, 0.717) is 0 Å². The first kappa shape index (κ1) is 28.8. The second kappa shape index (κ2) is 14.8. The molecule has 0 aromatic heterocycles. The quantitative estimate of drug-likeness (QED) is 0.200. The van der Waals surface area contributed by atoms with Gasteiger partial charge in [0, 0.05) is 0 Å². The maximum atomic E-state index is 11.9. The third-order valence-electron chi connectivity index (χ3n) is 3.60. The van der Waals surface area contributed by atoms with Crippen molar-refractivity contribution in [2.24, 2.45) is 0 Å². The summed E-state index contributed by atoms with van der Waals surface area (Å²) in [5.74, 6) is -7.89. The lowest BCUT2D eigenvalue weighted by atomic mass is 9.98. The molecule has 182 valence electrons. The third kappa shape index (κ3) is 8.95. The lowest BCUT2D eigenvalue weighted by Crippen LogP contribution is -2.63. The van der Waals surface area contributed by atoms with E-state index in [-0.39, 0.29) is 0 Å². The molecule has 0 saturated carbocycles. The van der Waals surface area contributed by atoms with Crippen molar-refractivity contribution in [2.45, 2.75) is 30.7 Å². The van der Waals surface area contributed by atoms with Gasteiger partial charge in [-0.3, -0.25) is 24.0 Å². The van der Waals surface area contributed by atoms with Gasteiger partial charge in [-0.2, -0.15) is 0 Å². The number of ether oxygens (including phenoxy) is 6. The lowest BCUT2D eigenvalue weighted by Gasteiger charge is -2.43. The number of carbonyl (C=O) groups excluding carboxylic acids is 5. The van der Waals surface area contributed by atoms with Crippen LogP contribution in [0.2, 0.25) is 0 Å². The molecule has 1 fully saturated rings. The van der Waals surface area contributed by atoms with Crippen LogP contribution >= 0.6 is 58.0 Å². The number of carbonyl (C=O) groups is 5. The first-order valence-corrected chi connectivity index (χ1v) is 11.3. The summed E-state index contributed by atoms with van der Waals surface area (Å²) in [6.45, 7) is -0.591. The zero-order valence-corrected chi connectivity index (χ0v) is 19.8. The summed E-state index contributed by atoms with van der Waals surface area (Å²) in [7, 11) is 0. The number of rotatable bonds is 11. The van der Waals surface area contributed by atoms with Crippen LogP contribution in [0, 0.1) is 0 Å².